The van der Waals surface area contributed by atoms with Crippen molar-refractivity contribution in [3.05, 3.63) is 56.8 Å². The van der Waals surface area contributed by atoms with Crippen LogP contribution in [0, 0.1) is 5.82 Å². The highest BCUT2D eigenvalue weighted by Gasteiger charge is 2.22. The fraction of sp³-hybridized carbons (Fsp3) is 0.429. The lowest BCUT2D eigenvalue weighted by molar-refractivity contribution is 0.0907. The summed E-state index contributed by atoms with van der Waals surface area (Å²) in [7, 11) is 1.27. The molecular formula is C21H24FN7O4. The molecule has 4 rings (SSSR count). The van der Waals surface area contributed by atoms with Crippen molar-refractivity contribution in [1.82, 2.24) is 34.7 Å². The van der Waals surface area contributed by atoms with Crippen LogP contribution in [0.2, 0.25) is 0 Å². The lowest BCUT2D eigenvalue weighted by Gasteiger charge is -2.26. The van der Waals surface area contributed by atoms with Gasteiger partial charge >= 0.3 is 17.5 Å². The molecule has 0 unspecified atom stereocenters. The molecule has 0 spiro atoms. The van der Waals surface area contributed by atoms with Gasteiger partial charge in [-0.1, -0.05) is 11.6 Å². The molecule has 1 aromatic carbocycles. The van der Waals surface area contributed by atoms with E-state index in [2.05, 4.69) is 25.5 Å². The van der Waals surface area contributed by atoms with Crippen LogP contribution in [0.1, 0.15) is 36.4 Å². The second kappa shape index (κ2) is 9.86. The topological polar surface area (TPSA) is 128 Å². The van der Waals surface area contributed by atoms with Crippen LogP contribution in [0.25, 0.3) is 17.2 Å². The van der Waals surface area contributed by atoms with E-state index in [-0.39, 0.29) is 23.1 Å². The van der Waals surface area contributed by atoms with Gasteiger partial charge in [0.25, 0.3) is 5.56 Å². The Labute approximate surface area is 187 Å². The minimum Gasteiger partial charge on any atom is -0.348 e. The minimum atomic E-state index is -0.757. The third-order valence-corrected chi connectivity index (χ3v) is 5.46. The van der Waals surface area contributed by atoms with Gasteiger partial charge in [0, 0.05) is 13.6 Å². The Morgan fingerprint density at radius 1 is 1.15 bits per heavy atom. The van der Waals surface area contributed by atoms with Crippen molar-refractivity contribution in [2.24, 2.45) is 7.05 Å². The lowest BCUT2D eigenvalue weighted by Crippen LogP contribution is -2.40. The molecule has 0 radical (unpaired) electrons. The summed E-state index contributed by atoms with van der Waals surface area (Å²) in [4.78, 5) is 43.7. The first-order valence-corrected chi connectivity index (χ1v) is 10.7. The van der Waals surface area contributed by atoms with Crippen molar-refractivity contribution < 1.29 is 13.7 Å². The monoisotopic (exact) mass is 457 g/mol. The molecule has 11 nitrogen and oxygen atoms in total. The number of nitrogens with zero attached hydrogens (tertiary/aromatic N) is 6. The summed E-state index contributed by atoms with van der Waals surface area (Å²) in [6.45, 7) is 3.52. The zero-order valence-corrected chi connectivity index (χ0v) is 18.2. The van der Waals surface area contributed by atoms with Gasteiger partial charge in [-0.25, -0.2) is 9.18 Å². The molecule has 0 atom stereocenters. The molecule has 3 aromatic rings. The predicted molar refractivity (Wildman–Crippen MR) is 116 cm³/mol. The fourth-order valence-corrected chi connectivity index (χ4v) is 3.64. The first kappa shape index (κ1) is 22.5. The van der Waals surface area contributed by atoms with Gasteiger partial charge in [0.1, 0.15) is 5.82 Å². The van der Waals surface area contributed by atoms with Crippen LogP contribution in [-0.2, 0) is 7.05 Å². The van der Waals surface area contributed by atoms with Crippen LogP contribution in [-0.4, -0.2) is 61.5 Å². The number of piperidine rings is 1. The number of carbonyl (C=O) groups is 1. The van der Waals surface area contributed by atoms with Crippen molar-refractivity contribution in [2.45, 2.75) is 25.7 Å². The van der Waals surface area contributed by atoms with E-state index in [0.717, 1.165) is 47.4 Å². The Hall–Kier alpha value is -3.67. The molecule has 12 heteroatoms. The van der Waals surface area contributed by atoms with Gasteiger partial charge in [-0.05, 0) is 63.2 Å². The lowest BCUT2D eigenvalue weighted by atomic mass is 10.1. The van der Waals surface area contributed by atoms with E-state index in [4.69, 9.17) is 4.52 Å². The molecule has 0 saturated carbocycles. The molecule has 3 heterocycles. The van der Waals surface area contributed by atoms with Crippen molar-refractivity contribution in [3.63, 3.8) is 0 Å². The van der Waals surface area contributed by atoms with Crippen LogP contribution in [0.4, 0.5) is 4.39 Å². The van der Waals surface area contributed by atoms with Gasteiger partial charge in [-0.3, -0.25) is 14.2 Å². The average Bonchev–Trinajstić information content (AvgIpc) is 3.32. The van der Waals surface area contributed by atoms with Gasteiger partial charge < -0.3 is 14.7 Å². The Morgan fingerprint density at radius 2 is 1.88 bits per heavy atom. The summed E-state index contributed by atoms with van der Waals surface area (Å²) in [5.74, 6) is -1.59. The van der Waals surface area contributed by atoms with Gasteiger partial charge in [0.2, 0.25) is 5.82 Å². The van der Waals surface area contributed by atoms with E-state index in [9.17, 15) is 18.8 Å². The number of hydrogen-bond donors (Lipinski definition) is 1. The van der Waals surface area contributed by atoms with E-state index in [1.165, 1.54) is 38.4 Å². The summed E-state index contributed by atoms with van der Waals surface area (Å²) in [5.41, 5.74) is -1.53. The Balaban J connectivity index is 1.48. The third kappa shape index (κ3) is 5.06. The number of nitrogens with one attached hydrogen (secondary N) is 1. The molecule has 1 aliphatic rings. The number of aromatic nitrogens is 5. The number of benzene rings is 1. The number of likely N-dealkylation sites (tertiary alicyclic amines) is 1. The third-order valence-electron chi connectivity index (χ3n) is 5.46. The molecule has 1 aliphatic heterocycles. The van der Waals surface area contributed by atoms with Crippen molar-refractivity contribution >= 4 is 5.91 Å². The van der Waals surface area contributed by atoms with E-state index >= 15 is 0 Å². The molecule has 1 fully saturated rings. The maximum absolute atomic E-state index is 13.2. The van der Waals surface area contributed by atoms with Gasteiger partial charge in [-0.15, -0.1) is 0 Å². The highest BCUT2D eigenvalue weighted by atomic mass is 19.1. The highest BCUT2D eigenvalue weighted by Crippen LogP contribution is 2.11. The second-order valence-electron chi connectivity index (χ2n) is 7.82. The van der Waals surface area contributed by atoms with Gasteiger partial charge in [-0.2, -0.15) is 14.8 Å². The Morgan fingerprint density at radius 3 is 2.61 bits per heavy atom. The maximum atomic E-state index is 13.2. The molecule has 0 bridgehead atoms. The summed E-state index contributed by atoms with van der Waals surface area (Å²) in [6, 6.07) is 5.01. The second-order valence-corrected chi connectivity index (χ2v) is 7.82. The van der Waals surface area contributed by atoms with E-state index in [0.29, 0.717) is 6.54 Å². The molecule has 1 amide bonds. The number of amides is 1. The summed E-state index contributed by atoms with van der Waals surface area (Å²) in [5, 5.41) is 10.4. The maximum Gasteiger partial charge on any atom is 0.351 e. The van der Waals surface area contributed by atoms with Crippen molar-refractivity contribution in [3.8, 4) is 17.2 Å². The average molecular weight is 457 g/mol. The fourth-order valence-electron chi connectivity index (χ4n) is 3.64. The van der Waals surface area contributed by atoms with Crippen molar-refractivity contribution in [2.75, 3.05) is 26.2 Å². The summed E-state index contributed by atoms with van der Waals surface area (Å²) < 4.78 is 20.0. The molecule has 174 valence electrons. The molecular weight excluding hydrogens is 433 g/mol. The molecule has 0 aliphatic carbocycles. The quantitative estimate of drug-likeness (QED) is 0.514. The highest BCUT2D eigenvalue weighted by molar-refractivity contribution is 5.89. The predicted octanol–water partition coefficient (Wildman–Crippen LogP) is 0.726. The number of halogens is 1. The van der Waals surface area contributed by atoms with Crippen LogP contribution in [0.3, 0.4) is 0 Å². The standard InChI is InChI=1S/C21H24FN7O4/c1-27-20(31)16(25-29(21(27)32)15-8-6-14(22)7-9-15)17-24-19(33-26-17)18(30)23-10-5-13-28-11-3-2-4-12-28/h6-9H,2-5,10-13H2,1H3,(H,23,30). The first-order chi connectivity index (χ1) is 15.9. The molecule has 2 aromatic heterocycles. The number of carbonyl (C=O) groups excluding carboxylic acids is 1. The van der Waals surface area contributed by atoms with Crippen LogP contribution < -0.4 is 16.6 Å². The SMILES string of the molecule is Cn1c(=O)c(-c2noc(C(=O)NCCCN3CCCCC3)n2)nn(-c2ccc(F)cc2)c1=O. The van der Waals surface area contributed by atoms with Crippen LogP contribution in [0.15, 0.2) is 38.4 Å². The minimum absolute atomic E-state index is 0.232. The normalized spacial score (nSPS) is 14.4. The van der Waals surface area contributed by atoms with Gasteiger partial charge in [0.15, 0.2) is 5.69 Å². The first-order valence-electron chi connectivity index (χ1n) is 10.7. The number of rotatable bonds is 7. The summed E-state index contributed by atoms with van der Waals surface area (Å²) >= 11 is 0. The van der Waals surface area contributed by atoms with Gasteiger partial charge in [0.05, 0.1) is 5.69 Å². The van der Waals surface area contributed by atoms with Crippen LogP contribution >= 0.6 is 0 Å². The molecule has 1 saturated heterocycles. The Kier molecular flexibility index (Phi) is 6.73. The molecule has 33 heavy (non-hydrogen) atoms. The Bertz CT molecular complexity index is 1240. The van der Waals surface area contributed by atoms with E-state index < -0.39 is 23.0 Å². The zero-order chi connectivity index (χ0) is 23.4. The molecule has 1 N–H and O–H groups in total. The number of hydrogen-bond acceptors (Lipinski definition) is 8. The van der Waals surface area contributed by atoms with E-state index in [1.54, 1.807) is 0 Å². The van der Waals surface area contributed by atoms with E-state index in [1.807, 2.05) is 0 Å². The largest absolute Gasteiger partial charge is 0.351 e. The van der Waals surface area contributed by atoms with Crippen molar-refractivity contribution in [1.29, 1.82) is 0 Å². The smallest absolute Gasteiger partial charge is 0.348 e. The zero-order valence-electron chi connectivity index (χ0n) is 18.2. The van der Waals surface area contributed by atoms with Crippen LogP contribution in [0.5, 0.6) is 0 Å². The summed E-state index contributed by atoms with van der Waals surface area (Å²) in [6.07, 6.45) is 4.47.